The van der Waals surface area contributed by atoms with E-state index in [1.165, 1.54) is 17.3 Å². The summed E-state index contributed by atoms with van der Waals surface area (Å²) < 4.78 is 1.91. The minimum Gasteiger partial charge on any atom is -0.345 e. The van der Waals surface area contributed by atoms with Crippen LogP contribution in [0.15, 0.2) is 35.7 Å². The molecule has 118 valence electrons. The first kappa shape index (κ1) is 16.5. The predicted molar refractivity (Wildman–Crippen MR) is 89.5 cm³/mol. The molecule has 0 atom stereocenters. The molecule has 0 unspecified atom stereocenters. The number of nitrogens with zero attached hydrogens (tertiary/aromatic N) is 4. The number of hydrogen-bond acceptors (Lipinski definition) is 4. The molecule has 5 nitrogen and oxygen atoms in total. The molecule has 1 aromatic heterocycles. The lowest BCUT2D eigenvalue weighted by atomic mass is 10.0. The fourth-order valence-electron chi connectivity index (χ4n) is 1.93. The molecule has 22 heavy (non-hydrogen) atoms. The summed E-state index contributed by atoms with van der Waals surface area (Å²) in [6.07, 6.45) is 1.68. The second kappa shape index (κ2) is 7.45. The highest BCUT2D eigenvalue weighted by atomic mass is 32.2. The highest BCUT2D eigenvalue weighted by molar-refractivity contribution is 7.99. The number of carbonyl (C=O) groups is 1. The van der Waals surface area contributed by atoms with E-state index in [4.69, 9.17) is 0 Å². The minimum atomic E-state index is 0.0946. The van der Waals surface area contributed by atoms with Gasteiger partial charge in [-0.15, -0.1) is 10.2 Å². The lowest BCUT2D eigenvalue weighted by Crippen LogP contribution is -2.27. The predicted octanol–water partition coefficient (Wildman–Crippen LogP) is 2.96. The Hall–Kier alpha value is -1.82. The standard InChI is InChI=1S/C16H22N4OS/c1-5-19(4)15(21)10-22-16-18-17-11-20(16)14-8-6-13(7-9-14)12(2)3/h6-9,11-12H,5,10H2,1-4H3. The minimum absolute atomic E-state index is 0.0946. The van der Waals surface area contributed by atoms with Gasteiger partial charge in [0.1, 0.15) is 6.33 Å². The average molecular weight is 318 g/mol. The third-order valence-electron chi connectivity index (χ3n) is 3.58. The van der Waals surface area contributed by atoms with Crippen LogP contribution in [-0.4, -0.2) is 44.9 Å². The van der Waals surface area contributed by atoms with Gasteiger partial charge in [-0.1, -0.05) is 37.7 Å². The number of hydrogen-bond donors (Lipinski definition) is 0. The van der Waals surface area contributed by atoms with Gasteiger partial charge in [-0.2, -0.15) is 0 Å². The van der Waals surface area contributed by atoms with E-state index in [1.54, 1.807) is 18.3 Å². The SMILES string of the molecule is CCN(C)C(=O)CSc1nncn1-c1ccc(C(C)C)cc1. The Morgan fingerprint density at radius 2 is 2.00 bits per heavy atom. The Morgan fingerprint density at radius 1 is 1.32 bits per heavy atom. The van der Waals surface area contributed by atoms with E-state index in [-0.39, 0.29) is 5.91 Å². The van der Waals surface area contributed by atoms with E-state index in [2.05, 4.69) is 48.3 Å². The highest BCUT2D eigenvalue weighted by Crippen LogP contribution is 2.22. The molecule has 0 aliphatic rings. The zero-order chi connectivity index (χ0) is 16.1. The molecule has 1 amide bonds. The van der Waals surface area contributed by atoms with Crippen LogP contribution in [-0.2, 0) is 4.79 Å². The lowest BCUT2D eigenvalue weighted by Gasteiger charge is -2.14. The number of benzene rings is 1. The van der Waals surface area contributed by atoms with Gasteiger partial charge in [0.05, 0.1) is 5.75 Å². The van der Waals surface area contributed by atoms with Gasteiger partial charge in [-0.3, -0.25) is 9.36 Å². The van der Waals surface area contributed by atoms with Crippen LogP contribution in [0.5, 0.6) is 0 Å². The normalized spacial score (nSPS) is 11.0. The quantitative estimate of drug-likeness (QED) is 0.768. The van der Waals surface area contributed by atoms with Crippen LogP contribution in [0.25, 0.3) is 5.69 Å². The molecule has 0 fully saturated rings. The summed E-state index contributed by atoms with van der Waals surface area (Å²) in [4.78, 5) is 13.6. The van der Waals surface area contributed by atoms with Crippen LogP contribution >= 0.6 is 11.8 Å². The van der Waals surface area contributed by atoms with E-state index < -0.39 is 0 Å². The van der Waals surface area contributed by atoms with Gasteiger partial charge in [0.15, 0.2) is 5.16 Å². The van der Waals surface area contributed by atoms with Crippen molar-refractivity contribution in [2.75, 3.05) is 19.3 Å². The number of aromatic nitrogens is 3. The summed E-state index contributed by atoms with van der Waals surface area (Å²) in [7, 11) is 1.80. The zero-order valence-corrected chi connectivity index (χ0v) is 14.3. The van der Waals surface area contributed by atoms with Gasteiger partial charge < -0.3 is 4.90 Å². The van der Waals surface area contributed by atoms with Gasteiger partial charge in [0, 0.05) is 19.3 Å². The second-order valence-corrected chi connectivity index (χ2v) is 6.37. The maximum Gasteiger partial charge on any atom is 0.232 e. The van der Waals surface area contributed by atoms with Gasteiger partial charge >= 0.3 is 0 Å². The van der Waals surface area contributed by atoms with E-state index in [0.717, 1.165) is 10.8 Å². The van der Waals surface area contributed by atoms with E-state index >= 15 is 0 Å². The van der Waals surface area contributed by atoms with Crippen molar-refractivity contribution in [3.63, 3.8) is 0 Å². The molecular formula is C16H22N4OS. The summed E-state index contributed by atoms with van der Waals surface area (Å²) >= 11 is 1.41. The first-order valence-corrected chi connectivity index (χ1v) is 8.38. The van der Waals surface area contributed by atoms with Crippen LogP contribution < -0.4 is 0 Å². The smallest absolute Gasteiger partial charge is 0.232 e. The molecule has 0 aliphatic heterocycles. The number of amides is 1. The third-order valence-corrected chi connectivity index (χ3v) is 4.51. The monoisotopic (exact) mass is 318 g/mol. The van der Waals surface area contributed by atoms with E-state index in [0.29, 0.717) is 18.2 Å². The highest BCUT2D eigenvalue weighted by Gasteiger charge is 2.12. The van der Waals surface area contributed by atoms with Crippen molar-refractivity contribution in [3.05, 3.63) is 36.2 Å². The molecule has 0 saturated heterocycles. The topological polar surface area (TPSA) is 51.0 Å². The molecule has 1 heterocycles. The summed E-state index contributed by atoms with van der Waals surface area (Å²) in [6.45, 7) is 7.01. The third kappa shape index (κ3) is 3.88. The van der Waals surface area contributed by atoms with Crippen LogP contribution in [0.2, 0.25) is 0 Å². The first-order valence-electron chi connectivity index (χ1n) is 7.40. The van der Waals surface area contributed by atoms with Crippen molar-refractivity contribution in [1.82, 2.24) is 19.7 Å². The van der Waals surface area contributed by atoms with Crippen LogP contribution in [0.4, 0.5) is 0 Å². The zero-order valence-electron chi connectivity index (χ0n) is 13.5. The average Bonchev–Trinajstić information content (AvgIpc) is 3.00. The van der Waals surface area contributed by atoms with Crippen molar-refractivity contribution >= 4 is 17.7 Å². The second-order valence-electron chi connectivity index (χ2n) is 5.43. The van der Waals surface area contributed by atoms with Gasteiger partial charge in [-0.25, -0.2) is 0 Å². The maximum absolute atomic E-state index is 11.9. The molecule has 2 aromatic rings. The largest absolute Gasteiger partial charge is 0.345 e. The molecular weight excluding hydrogens is 296 g/mol. The van der Waals surface area contributed by atoms with Crippen molar-refractivity contribution in [2.45, 2.75) is 31.8 Å². The summed E-state index contributed by atoms with van der Waals surface area (Å²) in [5.74, 6) is 0.968. The van der Waals surface area contributed by atoms with Crippen molar-refractivity contribution in [3.8, 4) is 5.69 Å². The Labute approximate surface area is 135 Å². The number of carbonyl (C=O) groups excluding carboxylic acids is 1. The van der Waals surface area contributed by atoms with Gasteiger partial charge in [-0.05, 0) is 30.5 Å². The molecule has 6 heteroatoms. The summed E-state index contributed by atoms with van der Waals surface area (Å²) in [5, 5.41) is 8.81. The van der Waals surface area contributed by atoms with Crippen LogP contribution in [0.3, 0.4) is 0 Å². The maximum atomic E-state index is 11.9. The lowest BCUT2D eigenvalue weighted by molar-refractivity contribution is -0.126. The molecule has 0 saturated carbocycles. The van der Waals surface area contributed by atoms with Crippen LogP contribution in [0.1, 0.15) is 32.3 Å². The Kier molecular flexibility index (Phi) is 5.60. The number of thioether (sulfide) groups is 1. The molecule has 0 radical (unpaired) electrons. The molecule has 0 aliphatic carbocycles. The molecule has 2 rings (SSSR count). The van der Waals surface area contributed by atoms with Crippen molar-refractivity contribution in [1.29, 1.82) is 0 Å². The van der Waals surface area contributed by atoms with Gasteiger partial charge in [0.25, 0.3) is 0 Å². The Morgan fingerprint density at radius 3 is 2.59 bits per heavy atom. The summed E-state index contributed by atoms with van der Waals surface area (Å²) in [5.41, 5.74) is 2.30. The Balaban J connectivity index is 2.10. The van der Waals surface area contributed by atoms with Crippen LogP contribution in [0, 0.1) is 0 Å². The van der Waals surface area contributed by atoms with Crippen molar-refractivity contribution in [2.24, 2.45) is 0 Å². The molecule has 0 bridgehead atoms. The molecule has 0 spiro atoms. The fraction of sp³-hybridized carbons (Fsp3) is 0.438. The molecule has 1 aromatic carbocycles. The fourth-order valence-corrected chi connectivity index (χ4v) is 2.80. The van der Waals surface area contributed by atoms with E-state index in [1.807, 2.05) is 11.5 Å². The first-order chi connectivity index (χ1) is 10.5. The van der Waals surface area contributed by atoms with Gasteiger partial charge in [0.2, 0.25) is 5.91 Å². The van der Waals surface area contributed by atoms with E-state index in [9.17, 15) is 4.79 Å². The number of rotatable bonds is 6. The molecule has 0 N–H and O–H groups in total. The summed E-state index contributed by atoms with van der Waals surface area (Å²) in [6, 6.07) is 8.35. The Bertz CT molecular complexity index is 621. The van der Waals surface area contributed by atoms with Crippen molar-refractivity contribution < 1.29 is 4.79 Å².